The van der Waals surface area contributed by atoms with Gasteiger partial charge in [0, 0.05) is 5.69 Å². The van der Waals surface area contributed by atoms with Crippen LogP contribution >= 0.6 is 0 Å². The van der Waals surface area contributed by atoms with Crippen LogP contribution in [-0.2, 0) is 6.18 Å². The van der Waals surface area contributed by atoms with Crippen molar-refractivity contribution < 1.29 is 27.1 Å². The number of benzene rings is 2. The van der Waals surface area contributed by atoms with Crippen LogP contribution in [0.3, 0.4) is 0 Å². The number of alkyl halides is 3. The molecule has 0 N–H and O–H groups in total. The summed E-state index contributed by atoms with van der Waals surface area (Å²) in [6.07, 6.45) is -1.92. The lowest BCUT2D eigenvalue weighted by molar-refractivity contribution is -0.137. The predicted octanol–water partition coefficient (Wildman–Crippen LogP) is 4.71. The normalized spacial score (nSPS) is 13.9. The van der Waals surface area contributed by atoms with Gasteiger partial charge in [-0.05, 0) is 48.9 Å². The van der Waals surface area contributed by atoms with Crippen LogP contribution in [0.25, 0.3) is 0 Å². The van der Waals surface area contributed by atoms with E-state index < -0.39 is 23.5 Å². The molecule has 6 nitrogen and oxygen atoms in total. The van der Waals surface area contributed by atoms with Gasteiger partial charge in [0.2, 0.25) is 5.88 Å². The monoisotopic (exact) mass is 432 g/mol. The molecule has 0 atom stereocenters. The molecule has 2 heterocycles. The van der Waals surface area contributed by atoms with Crippen molar-refractivity contribution in [1.29, 1.82) is 0 Å². The van der Waals surface area contributed by atoms with Gasteiger partial charge in [-0.25, -0.2) is 14.4 Å². The number of hydrogen-bond donors (Lipinski definition) is 0. The summed E-state index contributed by atoms with van der Waals surface area (Å²) in [4.78, 5) is 24.1. The molecule has 0 spiro atoms. The Labute approximate surface area is 174 Å². The van der Waals surface area contributed by atoms with Gasteiger partial charge in [0.05, 0.1) is 36.3 Å². The quantitative estimate of drug-likeness (QED) is 0.562. The van der Waals surface area contributed by atoms with E-state index in [1.54, 1.807) is 6.92 Å². The summed E-state index contributed by atoms with van der Waals surface area (Å²) in [5, 5.41) is 0. The van der Waals surface area contributed by atoms with Crippen molar-refractivity contribution in [3.63, 3.8) is 0 Å². The van der Waals surface area contributed by atoms with Crippen LogP contribution in [0.1, 0.15) is 21.5 Å². The van der Waals surface area contributed by atoms with Crippen LogP contribution in [0, 0.1) is 12.7 Å². The first-order chi connectivity index (χ1) is 14.7. The van der Waals surface area contributed by atoms with Crippen molar-refractivity contribution in [2.24, 2.45) is 0 Å². The standard InChI is InChI=1S/C21H16F4N4O2/c1-12-7-14(22)4-6-16(12)28-11-29(18-9-27-19(31-2)10-26-18)20(30)15-5-3-13(8-17(15)28)21(23,24)25/h3-10H,11H2,1-2H3. The Morgan fingerprint density at radius 1 is 1.00 bits per heavy atom. The molecule has 0 bridgehead atoms. The Morgan fingerprint density at radius 2 is 1.77 bits per heavy atom. The summed E-state index contributed by atoms with van der Waals surface area (Å²) in [6.45, 7) is 1.50. The van der Waals surface area contributed by atoms with Crippen LogP contribution < -0.4 is 14.5 Å². The summed E-state index contributed by atoms with van der Waals surface area (Å²) in [5.74, 6) is -0.563. The van der Waals surface area contributed by atoms with E-state index in [9.17, 15) is 22.4 Å². The van der Waals surface area contributed by atoms with Gasteiger partial charge >= 0.3 is 6.18 Å². The van der Waals surface area contributed by atoms with E-state index in [0.717, 1.165) is 18.2 Å². The zero-order chi connectivity index (χ0) is 22.3. The van der Waals surface area contributed by atoms with Crippen molar-refractivity contribution in [3.8, 4) is 5.88 Å². The maximum atomic E-state index is 13.6. The number of aryl methyl sites for hydroxylation is 1. The molecule has 10 heteroatoms. The van der Waals surface area contributed by atoms with Gasteiger partial charge in [-0.15, -0.1) is 0 Å². The molecule has 1 aliphatic rings. The molecule has 160 valence electrons. The third-order valence-electron chi connectivity index (χ3n) is 4.92. The SMILES string of the molecule is COc1cnc(N2CN(c3ccc(F)cc3C)c3cc(C(F)(F)F)ccc3C2=O)cn1. The molecule has 31 heavy (non-hydrogen) atoms. The van der Waals surface area contributed by atoms with E-state index in [4.69, 9.17) is 4.74 Å². The summed E-state index contributed by atoms with van der Waals surface area (Å²) >= 11 is 0. The number of anilines is 3. The topological polar surface area (TPSA) is 58.6 Å². The lowest BCUT2D eigenvalue weighted by Crippen LogP contribution is -2.45. The Morgan fingerprint density at radius 3 is 2.39 bits per heavy atom. The second-order valence-corrected chi connectivity index (χ2v) is 6.88. The lowest BCUT2D eigenvalue weighted by atomic mass is 10.0. The second-order valence-electron chi connectivity index (χ2n) is 6.88. The molecule has 2 aromatic carbocycles. The molecule has 1 aliphatic heterocycles. The van der Waals surface area contributed by atoms with Crippen molar-refractivity contribution in [2.45, 2.75) is 13.1 Å². The Hall–Kier alpha value is -3.69. The molecular formula is C21H16F4N4O2. The van der Waals surface area contributed by atoms with E-state index in [1.165, 1.54) is 47.5 Å². The van der Waals surface area contributed by atoms with Gasteiger partial charge in [-0.2, -0.15) is 13.2 Å². The summed E-state index contributed by atoms with van der Waals surface area (Å²) < 4.78 is 58.6. The number of carbonyl (C=O) groups excluding carboxylic acids is 1. The van der Waals surface area contributed by atoms with E-state index in [2.05, 4.69) is 9.97 Å². The van der Waals surface area contributed by atoms with Crippen LogP contribution in [-0.4, -0.2) is 29.7 Å². The summed E-state index contributed by atoms with van der Waals surface area (Å²) in [6, 6.07) is 6.86. The van der Waals surface area contributed by atoms with Gasteiger partial charge in [-0.3, -0.25) is 9.69 Å². The fraction of sp³-hybridized carbons (Fsp3) is 0.190. The number of amides is 1. The van der Waals surface area contributed by atoms with Gasteiger partial charge in [0.1, 0.15) is 12.5 Å². The lowest BCUT2D eigenvalue weighted by Gasteiger charge is -2.38. The minimum Gasteiger partial charge on any atom is -0.480 e. The van der Waals surface area contributed by atoms with Crippen molar-refractivity contribution in [1.82, 2.24) is 9.97 Å². The Balaban J connectivity index is 1.87. The highest BCUT2D eigenvalue weighted by Gasteiger charge is 2.37. The van der Waals surface area contributed by atoms with E-state index in [-0.39, 0.29) is 29.6 Å². The smallest absolute Gasteiger partial charge is 0.416 e. The van der Waals surface area contributed by atoms with Gasteiger partial charge < -0.3 is 9.64 Å². The number of rotatable bonds is 3. The zero-order valence-corrected chi connectivity index (χ0v) is 16.4. The first kappa shape index (κ1) is 20.6. The maximum Gasteiger partial charge on any atom is 0.416 e. The Bertz CT molecular complexity index is 1150. The minimum absolute atomic E-state index is 0.0561. The second kappa shape index (κ2) is 7.53. The number of fused-ring (bicyclic) bond motifs is 1. The van der Waals surface area contributed by atoms with Crippen molar-refractivity contribution >= 4 is 23.1 Å². The van der Waals surface area contributed by atoms with Crippen LogP contribution in [0.15, 0.2) is 48.8 Å². The van der Waals surface area contributed by atoms with Crippen molar-refractivity contribution in [3.05, 3.63) is 71.3 Å². The Kier molecular flexibility index (Phi) is 5.00. The van der Waals surface area contributed by atoms with Crippen molar-refractivity contribution in [2.75, 3.05) is 23.6 Å². The molecule has 0 saturated heterocycles. The molecule has 1 amide bonds. The zero-order valence-electron chi connectivity index (χ0n) is 16.4. The fourth-order valence-corrected chi connectivity index (χ4v) is 3.40. The van der Waals surface area contributed by atoms with Crippen LogP contribution in [0.2, 0.25) is 0 Å². The molecular weight excluding hydrogens is 416 g/mol. The average Bonchev–Trinajstić information content (AvgIpc) is 2.74. The number of methoxy groups -OCH3 is 1. The number of halogens is 4. The largest absolute Gasteiger partial charge is 0.480 e. The average molecular weight is 432 g/mol. The predicted molar refractivity (Wildman–Crippen MR) is 105 cm³/mol. The number of nitrogens with zero attached hydrogens (tertiary/aromatic N) is 4. The van der Waals surface area contributed by atoms with Crippen LogP contribution in [0.4, 0.5) is 34.8 Å². The van der Waals surface area contributed by atoms with Gasteiger partial charge in [0.25, 0.3) is 5.91 Å². The highest BCUT2D eigenvalue weighted by atomic mass is 19.4. The molecule has 3 aromatic rings. The first-order valence-corrected chi connectivity index (χ1v) is 9.12. The summed E-state index contributed by atoms with van der Waals surface area (Å²) in [5.41, 5.74) is 0.203. The molecule has 0 saturated carbocycles. The molecule has 0 unspecified atom stereocenters. The number of ether oxygens (including phenoxy) is 1. The summed E-state index contributed by atoms with van der Waals surface area (Å²) in [7, 11) is 1.42. The van der Waals surface area contributed by atoms with Gasteiger partial charge in [-0.1, -0.05) is 0 Å². The van der Waals surface area contributed by atoms with Gasteiger partial charge in [0.15, 0.2) is 5.82 Å². The third kappa shape index (κ3) is 3.76. The number of carbonyl (C=O) groups is 1. The highest BCUT2D eigenvalue weighted by Crippen LogP contribution is 2.40. The fourth-order valence-electron chi connectivity index (χ4n) is 3.40. The third-order valence-corrected chi connectivity index (χ3v) is 4.92. The maximum absolute atomic E-state index is 13.6. The number of aromatic nitrogens is 2. The number of hydrogen-bond acceptors (Lipinski definition) is 5. The molecule has 0 radical (unpaired) electrons. The molecule has 1 aromatic heterocycles. The highest BCUT2D eigenvalue weighted by molar-refractivity contribution is 6.12. The molecule has 0 aliphatic carbocycles. The van der Waals surface area contributed by atoms with E-state index in [0.29, 0.717) is 11.3 Å². The molecule has 4 rings (SSSR count). The van der Waals surface area contributed by atoms with E-state index in [1.807, 2.05) is 0 Å². The first-order valence-electron chi connectivity index (χ1n) is 9.12. The van der Waals surface area contributed by atoms with Crippen LogP contribution in [0.5, 0.6) is 5.88 Å². The van der Waals surface area contributed by atoms with E-state index >= 15 is 0 Å². The minimum atomic E-state index is -4.58. The molecule has 0 fully saturated rings.